The van der Waals surface area contributed by atoms with Crippen molar-refractivity contribution >= 4 is 35.4 Å². The first-order valence-corrected chi connectivity index (χ1v) is 8.34. The maximum absolute atomic E-state index is 11.6. The van der Waals surface area contributed by atoms with Crippen LogP contribution in [0.5, 0.6) is 5.88 Å². The van der Waals surface area contributed by atoms with Crippen LogP contribution in [0.15, 0.2) is 5.10 Å². The van der Waals surface area contributed by atoms with E-state index in [9.17, 15) is 9.90 Å². The van der Waals surface area contributed by atoms with E-state index in [2.05, 4.69) is 17.5 Å². The second-order valence-electron chi connectivity index (χ2n) is 5.84. The van der Waals surface area contributed by atoms with E-state index >= 15 is 0 Å². The van der Waals surface area contributed by atoms with Crippen molar-refractivity contribution in [3.8, 4) is 5.88 Å². The number of hydrazone groups is 1. The van der Waals surface area contributed by atoms with Crippen LogP contribution in [0.4, 0.5) is 4.79 Å². The van der Waals surface area contributed by atoms with E-state index in [1.807, 2.05) is 0 Å². The number of thiazole rings is 1. The molecule has 0 fully saturated rings. The molecule has 0 saturated heterocycles. The number of nitrogens with zero attached hydrogens (tertiary/aromatic N) is 2. The van der Waals surface area contributed by atoms with E-state index in [1.54, 1.807) is 32.3 Å². The van der Waals surface area contributed by atoms with Gasteiger partial charge in [0.2, 0.25) is 5.88 Å². The Kier molecular flexibility index (Phi) is 6.55. The number of carbonyl (C=O) groups is 1. The van der Waals surface area contributed by atoms with Crippen LogP contribution in [0.2, 0.25) is 0 Å². The van der Waals surface area contributed by atoms with Crippen LogP contribution in [-0.2, 0) is 11.3 Å². The maximum atomic E-state index is 11.6. The molecule has 2 N–H and O–H groups in total. The molecular weight excluding hydrogens is 322 g/mol. The normalized spacial score (nSPS) is 12.3. The first kappa shape index (κ1) is 18.6. The minimum atomic E-state index is -0.639. The number of aromatic hydroxyl groups is 1. The van der Waals surface area contributed by atoms with E-state index < -0.39 is 11.7 Å². The molecule has 0 radical (unpaired) electrons. The van der Waals surface area contributed by atoms with Gasteiger partial charge in [0.05, 0.1) is 5.71 Å². The smallest absolute Gasteiger partial charge is 0.428 e. The Balaban J connectivity index is 2.85. The van der Waals surface area contributed by atoms with Gasteiger partial charge < -0.3 is 9.84 Å². The number of hydrogen-bond donors (Lipinski definition) is 2. The van der Waals surface area contributed by atoms with Gasteiger partial charge in [0.25, 0.3) is 0 Å². The molecule has 0 aliphatic rings. The minimum absolute atomic E-state index is 0.0932. The second kappa shape index (κ2) is 7.73. The zero-order valence-electron chi connectivity index (χ0n) is 13.6. The molecule has 0 bridgehead atoms. The third-order valence-corrected chi connectivity index (χ3v) is 4.19. The van der Waals surface area contributed by atoms with Crippen LogP contribution in [0.1, 0.15) is 52.3 Å². The molecule has 124 valence electrons. The van der Waals surface area contributed by atoms with Gasteiger partial charge in [0.1, 0.15) is 10.5 Å². The summed E-state index contributed by atoms with van der Waals surface area (Å²) in [5.74, 6) is 0.0932. The fraction of sp³-hybridized carbons (Fsp3) is 0.643. The zero-order valence-corrected chi connectivity index (χ0v) is 15.2. The molecule has 0 spiro atoms. The summed E-state index contributed by atoms with van der Waals surface area (Å²) in [5, 5.41) is 14.2. The number of unbranched alkanes of at least 4 members (excludes halogenated alkanes) is 1. The lowest BCUT2D eigenvalue weighted by molar-refractivity contribution is 0.0529. The molecule has 0 aliphatic carbocycles. The van der Waals surface area contributed by atoms with E-state index in [1.165, 1.54) is 11.3 Å². The summed E-state index contributed by atoms with van der Waals surface area (Å²) in [6.07, 6.45) is 1.31. The summed E-state index contributed by atoms with van der Waals surface area (Å²) in [5.41, 5.74) is 2.21. The molecule has 0 saturated carbocycles. The number of rotatable bonds is 5. The Bertz CT molecular complexity index is 612. The van der Waals surface area contributed by atoms with Gasteiger partial charge >= 0.3 is 6.09 Å². The lowest BCUT2D eigenvalue weighted by Gasteiger charge is -2.18. The minimum Gasteiger partial charge on any atom is -0.493 e. The van der Waals surface area contributed by atoms with Gasteiger partial charge in [-0.2, -0.15) is 5.10 Å². The van der Waals surface area contributed by atoms with Crippen molar-refractivity contribution in [2.24, 2.45) is 5.10 Å². The maximum Gasteiger partial charge on any atom is 0.428 e. The van der Waals surface area contributed by atoms with E-state index in [-0.39, 0.29) is 5.88 Å². The second-order valence-corrected chi connectivity index (χ2v) is 7.48. The van der Waals surface area contributed by atoms with Crippen molar-refractivity contribution < 1.29 is 14.6 Å². The quantitative estimate of drug-likeness (QED) is 0.480. The van der Waals surface area contributed by atoms with Crippen molar-refractivity contribution in [2.75, 3.05) is 0 Å². The van der Waals surface area contributed by atoms with Crippen LogP contribution in [-0.4, -0.2) is 27.1 Å². The van der Waals surface area contributed by atoms with Gasteiger partial charge in [0, 0.05) is 6.54 Å². The van der Waals surface area contributed by atoms with Gasteiger partial charge in [-0.1, -0.05) is 24.7 Å². The van der Waals surface area contributed by atoms with Crippen LogP contribution >= 0.6 is 23.6 Å². The Morgan fingerprint density at radius 2 is 2.14 bits per heavy atom. The zero-order chi connectivity index (χ0) is 16.9. The first-order valence-electron chi connectivity index (χ1n) is 7.12. The van der Waals surface area contributed by atoms with Crippen molar-refractivity contribution in [3.63, 3.8) is 0 Å². The highest BCUT2D eigenvalue weighted by Crippen LogP contribution is 2.27. The third kappa shape index (κ3) is 5.42. The molecule has 0 aliphatic heterocycles. The number of aromatic nitrogens is 1. The summed E-state index contributed by atoms with van der Waals surface area (Å²) >= 11 is 6.52. The van der Waals surface area contributed by atoms with Crippen molar-refractivity contribution in [1.29, 1.82) is 0 Å². The summed E-state index contributed by atoms with van der Waals surface area (Å²) in [7, 11) is 0. The predicted octanol–water partition coefficient (Wildman–Crippen LogP) is 4.03. The summed E-state index contributed by atoms with van der Waals surface area (Å²) in [4.78, 5) is 12.1. The number of nitrogens with one attached hydrogen (secondary N) is 1. The third-order valence-electron chi connectivity index (χ3n) is 2.65. The number of amides is 1. The summed E-state index contributed by atoms with van der Waals surface area (Å²) in [6, 6.07) is 0. The number of carbonyl (C=O) groups excluding carboxylic acids is 1. The molecule has 8 heteroatoms. The molecule has 6 nitrogen and oxygen atoms in total. The largest absolute Gasteiger partial charge is 0.493 e. The van der Waals surface area contributed by atoms with E-state index in [0.29, 0.717) is 21.1 Å². The highest BCUT2D eigenvalue weighted by Gasteiger charge is 2.17. The van der Waals surface area contributed by atoms with Crippen molar-refractivity contribution in [1.82, 2.24) is 9.99 Å². The highest BCUT2D eigenvalue weighted by atomic mass is 32.1. The van der Waals surface area contributed by atoms with Crippen LogP contribution in [0, 0.1) is 3.95 Å². The molecular formula is C14H23N3O3S2. The molecule has 0 unspecified atom stereocenters. The number of hydrogen-bond acceptors (Lipinski definition) is 6. The lowest BCUT2D eigenvalue weighted by Crippen LogP contribution is -2.30. The molecule has 1 rings (SSSR count). The SMILES string of the molecule is CCCCn1c(O)c(/C(C)=N\NC(=O)OC(C)(C)C)sc1=S. The number of ether oxygens (including phenoxy) is 1. The fourth-order valence-electron chi connectivity index (χ4n) is 1.63. The van der Waals surface area contributed by atoms with Crippen molar-refractivity contribution in [2.45, 2.75) is 59.6 Å². The van der Waals surface area contributed by atoms with Gasteiger partial charge in [-0.15, -0.1) is 0 Å². The van der Waals surface area contributed by atoms with Gasteiger partial charge in [-0.3, -0.25) is 4.57 Å². The highest BCUT2D eigenvalue weighted by molar-refractivity contribution is 7.73. The van der Waals surface area contributed by atoms with Gasteiger partial charge in [-0.05, 0) is 46.3 Å². The Hall–Kier alpha value is -1.41. The molecule has 1 aromatic rings. The van der Waals surface area contributed by atoms with Gasteiger partial charge in [-0.25, -0.2) is 10.2 Å². The van der Waals surface area contributed by atoms with E-state index in [0.717, 1.165) is 12.8 Å². The predicted molar refractivity (Wildman–Crippen MR) is 91.3 cm³/mol. The lowest BCUT2D eigenvalue weighted by atomic mass is 10.2. The van der Waals surface area contributed by atoms with Crippen molar-refractivity contribution in [3.05, 3.63) is 8.83 Å². The Morgan fingerprint density at radius 1 is 1.50 bits per heavy atom. The van der Waals surface area contributed by atoms with E-state index in [4.69, 9.17) is 17.0 Å². The molecule has 22 heavy (non-hydrogen) atoms. The molecule has 1 aromatic heterocycles. The topological polar surface area (TPSA) is 75.9 Å². The Morgan fingerprint density at radius 3 is 2.68 bits per heavy atom. The Labute approximate surface area is 139 Å². The average Bonchev–Trinajstić information content (AvgIpc) is 2.67. The van der Waals surface area contributed by atoms with Gasteiger partial charge in [0.15, 0.2) is 3.95 Å². The standard InChI is InChI=1S/C14H23N3O3S2/c1-6-7-8-17-11(18)10(22-13(17)21)9(2)15-16-12(19)20-14(3,4)5/h18H,6-8H2,1-5H3,(H,16,19)/b15-9-. The molecule has 1 heterocycles. The monoisotopic (exact) mass is 345 g/mol. The average molecular weight is 345 g/mol. The fourth-order valence-corrected chi connectivity index (χ4v) is 2.91. The summed E-state index contributed by atoms with van der Waals surface area (Å²) in [6.45, 7) is 9.76. The van der Waals surface area contributed by atoms with Crippen LogP contribution < -0.4 is 5.43 Å². The first-order chi connectivity index (χ1) is 10.2. The van der Waals surface area contributed by atoms with Crippen LogP contribution in [0.3, 0.4) is 0 Å². The molecule has 0 aromatic carbocycles. The molecule has 0 atom stereocenters. The molecule has 1 amide bonds. The van der Waals surface area contributed by atoms with Crippen LogP contribution in [0.25, 0.3) is 0 Å². The summed E-state index contributed by atoms with van der Waals surface area (Å²) < 4.78 is 7.37.